The van der Waals surface area contributed by atoms with Crippen LogP contribution in [0.5, 0.6) is 5.75 Å². The van der Waals surface area contributed by atoms with Gasteiger partial charge < -0.3 is 15.2 Å². The van der Waals surface area contributed by atoms with E-state index in [1.165, 1.54) is 0 Å². The van der Waals surface area contributed by atoms with E-state index >= 15 is 0 Å². The second-order valence-corrected chi connectivity index (χ2v) is 6.18. The number of halogens is 2. The zero-order valence-electron chi connectivity index (χ0n) is 11.8. The van der Waals surface area contributed by atoms with Gasteiger partial charge in [-0.1, -0.05) is 37.0 Å². The van der Waals surface area contributed by atoms with E-state index in [9.17, 15) is 4.79 Å². The zero-order valence-corrected chi connectivity index (χ0v) is 13.3. The number of carbonyl (C=O) groups is 1. The maximum atomic E-state index is 11.2. The van der Waals surface area contributed by atoms with Gasteiger partial charge in [0.2, 0.25) is 0 Å². The molecule has 1 aliphatic heterocycles. The van der Waals surface area contributed by atoms with Crippen LogP contribution in [0.4, 0.5) is 0 Å². The molecule has 0 saturated carbocycles. The predicted molar refractivity (Wildman–Crippen MR) is 84.2 cm³/mol. The Hall–Kier alpha value is -1.23. The Balaban J connectivity index is 2.12. The summed E-state index contributed by atoms with van der Waals surface area (Å²) < 4.78 is 5.63. The van der Waals surface area contributed by atoms with E-state index < -0.39 is 12.0 Å². The van der Waals surface area contributed by atoms with E-state index in [1.54, 1.807) is 12.1 Å². The number of fused-ring (bicyclic) bond motifs is 1. The summed E-state index contributed by atoms with van der Waals surface area (Å²) in [5, 5.41) is 13.2. The Morgan fingerprint density at radius 1 is 1.43 bits per heavy atom. The van der Waals surface area contributed by atoms with Gasteiger partial charge in [-0.2, -0.15) is 0 Å². The third kappa shape index (κ3) is 3.90. The lowest BCUT2D eigenvalue weighted by molar-refractivity contribution is -0.140. The Morgan fingerprint density at radius 3 is 2.76 bits per heavy atom. The first kappa shape index (κ1) is 16.1. The van der Waals surface area contributed by atoms with Crippen LogP contribution in [0.15, 0.2) is 17.7 Å². The quantitative estimate of drug-likeness (QED) is 0.868. The highest BCUT2D eigenvalue weighted by molar-refractivity contribution is 6.36. The van der Waals surface area contributed by atoms with E-state index in [-0.39, 0.29) is 5.92 Å². The molecule has 1 aliphatic rings. The van der Waals surface area contributed by atoms with Gasteiger partial charge in [-0.05, 0) is 29.7 Å². The number of nitrogens with one attached hydrogen (secondary N) is 1. The number of ether oxygens (including phenoxy) is 1. The highest BCUT2D eigenvalue weighted by Crippen LogP contribution is 2.36. The topological polar surface area (TPSA) is 58.6 Å². The first-order valence-electron chi connectivity index (χ1n) is 6.66. The van der Waals surface area contributed by atoms with Crippen molar-refractivity contribution in [2.45, 2.75) is 19.9 Å². The van der Waals surface area contributed by atoms with Crippen molar-refractivity contribution < 1.29 is 14.6 Å². The van der Waals surface area contributed by atoms with Gasteiger partial charge in [0.05, 0.1) is 5.02 Å². The Kier molecular flexibility index (Phi) is 5.14. The van der Waals surface area contributed by atoms with Gasteiger partial charge in [-0.3, -0.25) is 4.79 Å². The van der Waals surface area contributed by atoms with Gasteiger partial charge in [0.25, 0.3) is 0 Å². The molecule has 0 aromatic heterocycles. The number of carboxylic acid groups (broad SMARTS) is 1. The van der Waals surface area contributed by atoms with Crippen LogP contribution in [0.1, 0.15) is 19.4 Å². The molecule has 21 heavy (non-hydrogen) atoms. The molecule has 0 spiro atoms. The Morgan fingerprint density at radius 2 is 2.14 bits per heavy atom. The lowest BCUT2D eigenvalue weighted by Crippen LogP contribution is -2.42. The summed E-state index contributed by atoms with van der Waals surface area (Å²) in [5.74, 6) is -0.235. The number of hydrogen-bond donors (Lipinski definition) is 2. The second kappa shape index (κ2) is 6.69. The molecule has 4 nitrogen and oxygen atoms in total. The van der Waals surface area contributed by atoms with Gasteiger partial charge in [-0.15, -0.1) is 0 Å². The number of hydrogen-bond acceptors (Lipinski definition) is 3. The van der Waals surface area contributed by atoms with Crippen LogP contribution in [-0.4, -0.2) is 30.3 Å². The summed E-state index contributed by atoms with van der Waals surface area (Å²) >= 11 is 12.1. The molecule has 1 aromatic carbocycles. The number of aliphatic carboxylic acids is 1. The van der Waals surface area contributed by atoms with Crippen LogP contribution >= 0.6 is 23.2 Å². The molecule has 6 heteroatoms. The molecule has 0 unspecified atom stereocenters. The van der Waals surface area contributed by atoms with Gasteiger partial charge in [0.1, 0.15) is 18.4 Å². The summed E-state index contributed by atoms with van der Waals surface area (Å²) in [6, 6.07) is 2.83. The van der Waals surface area contributed by atoms with E-state index in [2.05, 4.69) is 5.32 Å². The van der Waals surface area contributed by atoms with Gasteiger partial charge in [0, 0.05) is 17.1 Å². The van der Waals surface area contributed by atoms with Crippen molar-refractivity contribution in [1.29, 1.82) is 0 Å². The average Bonchev–Trinajstić information content (AvgIpc) is 2.37. The summed E-state index contributed by atoms with van der Waals surface area (Å²) in [6.45, 7) is 4.56. The minimum Gasteiger partial charge on any atom is -0.487 e. The minimum atomic E-state index is -0.853. The molecule has 0 amide bonds. The van der Waals surface area contributed by atoms with Gasteiger partial charge in [0.15, 0.2) is 0 Å². The molecule has 0 saturated heterocycles. The molecule has 0 fully saturated rings. The molecule has 2 rings (SSSR count). The summed E-state index contributed by atoms with van der Waals surface area (Å²) in [7, 11) is 0. The number of rotatable bonds is 5. The van der Waals surface area contributed by atoms with Crippen molar-refractivity contribution in [2.75, 3.05) is 13.2 Å². The maximum Gasteiger partial charge on any atom is 0.320 e. The third-order valence-electron chi connectivity index (χ3n) is 3.28. The van der Waals surface area contributed by atoms with Crippen molar-refractivity contribution >= 4 is 35.2 Å². The lowest BCUT2D eigenvalue weighted by atomic mass is 10.0. The highest BCUT2D eigenvalue weighted by Gasteiger charge is 2.22. The van der Waals surface area contributed by atoms with Crippen LogP contribution in [0, 0.1) is 5.92 Å². The van der Waals surface area contributed by atoms with E-state index in [0.717, 1.165) is 11.1 Å². The van der Waals surface area contributed by atoms with E-state index in [4.69, 9.17) is 33.0 Å². The lowest BCUT2D eigenvalue weighted by Gasteiger charge is -2.22. The second-order valence-electron chi connectivity index (χ2n) is 5.34. The van der Waals surface area contributed by atoms with E-state index in [0.29, 0.717) is 28.9 Å². The molecular weight excluding hydrogens is 313 g/mol. The van der Waals surface area contributed by atoms with Crippen LogP contribution < -0.4 is 10.1 Å². The molecule has 0 aliphatic carbocycles. The average molecular weight is 330 g/mol. The summed E-state index contributed by atoms with van der Waals surface area (Å²) in [6.07, 6.45) is 1.93. The first-order chi connectivity index (χ1) is 9.88. The van der Waals surface area contributed by atoms with Crippen LogP contribution in [0.25, 0.3) is 6.08 Å². The van der Waals surface area contributed by atoms with Crippen LogP contribution in [0.2, 0.25) is 10.0 Å². The summed E-state index contributed by atoms with van der Waals surface area (Å²) in [4.78, 5) is 11.2. The molecule has 2 N–H and O–H groups in total. The fraction of sp³-hybridized carbons (Fsp3) is 0.400. The fourth-order valence-corrected chi connectivity index (χ4v) is 2.78. The monoisotopic (exact) mass is 329 g/mol. The molecule has 1 aromatic rings. The third-order valence-corrected chi connectivity index (χ3v) is 3.78. The largest absolute Gasteiger partial charge is 0.487 e. The number of benzene rings is 1. The van der Waals surface area contributed by atoms with Gasteiger partial charge >= 0.3 is 5.97 Å². The van der Waals surface area contributed by atoms with Crippen molar-refractivity contribution in [3.8, 4) is 5.75 Å². The van der Waals surface area contributed by atoms with Crippen molar-refractivity contribution in [1.82, 2.24) is 5.32 Å². The number of carboxylic acids is 1. The first-order valence-corrected chi connectivity index (χ1v) is 7.41. The maximum absolute atomic E-state index is 11.2. The van der Waals surface area contributed by atoms with Crippen molar-refractivity contribution in [2.24, 2.45) is 5.92 Å². The molecule has 1 heterocycles. The van der Waals surface area contributed by atoms with Crippen LogP contribution in [0.3, 0.4) is 0 Å². The predicted octanol–water partition coefficient (Wildman–Crippen LogP) is 3.47. The SMILES string of the molecule is CC(C)[C@H](NCC1=Cc2cc(Cl)cc(Cl)c2OC1)C(=O)O. The normalized spacial score (nSPS) is 15.2. The van der Waals surface area contributed by atoms with E-state index in [1.807, 2.05) is 19.9 Å². The summed E-state index contributed by atoms with van der Waals surface area (Å²) in [5.41, 5.74) is 1.76. The smallest absolute Gasteiger partial charge is 0.320 e. The Labute approximate surface area is 133 Å². The molecule has 114 valence electrons. The molecule has 0 bridgehead atoms. The molecular formula is C15H17Cl2NO3. The molecule has 1 atom stereocenters. The van der Waals surface area contributed by atoms with Crippen LogP contribution in [-0.2, 0) is 4.79 Å². The minimum absolute atomic E-state index is 0.00350. The molecule has 0 radical (unpaired) electrons. The van der Waals surface area contributed by atoms with Crippen molar-refractivity contribution in [3.05, 3.63) is 33.3 Å². The van der Waals surface area contributed by atoms with Crippen molar-refractivity contribution in [3.63, 3.8) is 0 Å². The fourth-order valence-electron chi connectivity index (χ4n) is 2.22. The highest BCUT2D eigenvalue weighted by atomic mass is 35.5. The Bertz CT molecular complexity index is 585. The van der Waals surface area contributed by atoms with Gasteiger partial charge in [-0.25, -0.2) is 0 Å². The zero-order chi connectivity index (χ0) is 15.6. The standard InChI is InChI=1S/C15H17Cl2NO3/c1-8(2)13(15(19)20)18-6-9-3-10-4-11(16)5-12(17)14(10)21-7-9/h3-5,8,13,18H,6-7H2,1-2H3,(H,19,20)/t13-/m0/s1.